The lowest BCUT2D eigenvalue weighted by molar-refractivity contribution is -0.136. The zero-order valence-electron chi connectivity index (χ0n) is 13.9. The molecule has 24 heavy (non-hydrogen) atoms. The van der Waals surface area contributed by atoms with Crippen molar-refractivity contribution < 1.29 is 9.59 Å². The van der Waals surface area contributed by atoms with E-state index in [4.69, 9.17) is 0 Å². The number of hydrogen-bond acceptors (Lipinski definition) is 4. The lowest BCUT2D eigenvalue weighted by atomic mass is 10.0. The largest absolute Gasteiger partial charge is 0.346 e. The number of imide groups is 1. The van der Waals surface area contributed by atoms with Crippen molar-refractivity contribution in [3.8, 4) is 11.4 Å². The van der Waals surface area contributed by atoms with Gasteiger partial charge in [0.15, 0.2) is 5.82 Å². The van der Waals surface area contributed by atoms with Crippen LogP contribution < -0.4 is 11.0 Å². The molecule has 1 fully saturated rings. The molecule has 0 radical (unpaired) electrons. The van der Waals surface area contributed by atoms with Crippen LogP contribution in [0.4, 0.5) is 0 Å². The molecule has 1 aromatic heterocycles. The molecule has 3 rings (SSSR count). The van der Waals surface area contributed by atoms with E-state index >= 15 is 0 Å². The minimum Gasteiger partial charge on any atom is -0.295 e. The van der Waals surface area contributed by atoms with E-state index in [1.54, 1.807) is 7.05 Å². The van der Waals surface area contributed by atoms with Crippen LogP contribution >= 0.6 is 0 Å². The summed E-state index contributed by atoms with van der Waals surface area (Å²) in [5.41, 5.74) is 1.64. The van der Waals surface area contributed by atoms with Crippen LogP contribution in [0.25, 0.3) is 11.4 Å². The van der Waals surface area contributed by atoms with Crippen molar-refractivity contribution in [2.75, 3.05) is 0 Å². The Hall–Kier alpha value is -2.70. The number of nitrogens with zero attached hydrogens (tertiary/aromatic N) is 3. The Bertz CT molecular complexity index is 846. The number of amides is 2. The molecule has 7 nitrogen and oxygen atoms in total. The number of benzene rings is 1. The van der Waals surface area contributed by atoms with E-state index in [-0.39, 0.29) is 24.4 Å². The zero-order chi connectivity index (χ0) is 17.4. The van der Waals surface area contributed by atoms with Crippen molar-refractivity contribution in [1.82, 2.24) is 19.7 Å². The van der Waals surface area contributed by atoms with E-state index in [2.05, 4.69) is 24.3 Å². The van der Waals surface area contributed by atoms with Gasteiger partial charge in [0, 0.05) is 19.0 Å². The molecule has 0 spiro atoms. The standard InChI is InChI=1S/C17H20N4O3/c1-10(2)11-4-6-12(7-5-11)15-19-21(17(24)20(15)3)13-8-9-14(22)18-16(13)23/h4-7,10,13H,8-9H2,1-3H3,(H,18,22,23)/t13-/m1/s1. The van der Waals surface area contributed by atoms with Crippen LogP contribution in [-0.4, -0.2) is 26.2 Å². The summed E-state index contributed by atoms with van der Waals surface area (Å²) in [5, 5.41) is 6.60. The highest BCUT2D eigenvalue weighted by molar-refractivity contribution is 5.99. The average Bonchev–Trinajstić information content (AvgIpc) is 2.84. The number of piperidine rings is 1. The number of hydrogen-bond donors (Lipinski definition) is 1. The Morgan fingerprint density at radius 2 is 1.83 bits per heavy atom. The topological polar surface area (TPSA) is 86.0 Å². The summed E-state index contributed by atoms with van der Waals surface area (Å²) in [6, 6.07) is 7.12. The van der Waals surface area contributed by atoms with E-state index in [0.717, 1.165) is 5.56 Å². The number of carbonyl (C=O) groups is 2. The van der Waals surface area contributed by atoms with E-state index in [1.807, 2.05) is 24.3 Å². The normalized spacial score (nSPS) is 18.1. The fourth-order valence-electron chi connectivity index (χ4n) is 2.84. The maximum absolute atomic E-state index is 12.5. The molecule has 1 atom stereocenters. The quantitative estimate of drug-likeness (QED) is 0.862. The fraction of sp³-hybridized carbons (Fsp3) is 0.412. The lowest BCUT2D eigenvalue weighted by Gasteiger charge is -2.19. The monoisotopic (exact) mass is 328 g/mol. The summed E-state index contributed by atoms with van der Waals surface area (Å²) >= 11 is 0. The third-order valence-corrected chi connectivity index (χ3v) is 4.34. The van der Waals surface area contributed by atoms with Gasteiger partial charge in [-0.05, 0) is 17.9 Å². The van der Waals surface area contributed by atoms with E-state index in [1.165, 1.54) is 14.8 Å². The molecule has 0 saturated carbocycles. The average molecular weight is 328 g/mol. The van der Waals surface area contributed by atoms with Crippen molar-refractivity contribution in [2.45, 2.75) is 38.6 Å². The summed E-state index contributed by atoms with van der Waals surface area (Å²) in [4.78, 5) is 35.7. The van der Waals surface area contributed by atoms with Crippen LogP contribution in [0.1, 0.15) is 44.2 Å². The van der Waals surface area contributed by atoms with Gasteiger partial charge in [0.05, 0.1) is 0 Å². The summed E-state index contributed by atoms with van der Waals surface area (Å²) in [6.45, 7) is 4.23. The number of rotatable bonds is 3. The maximum Gasteiger partial charge on any atom is 0.346 e. The van der Waals surface area contributed by atoms with Gasteiger partial charge < -0.3 is 0 Å². The Morgan fingerprint density at radius 3 is 2.42 bits per heavy atom. The molecule has 0 aliphatic carbocycles. The van der Waals surface area contributed by atoms with Crippen LogP contribution in [0, 0.1) is 0 Å². The Morgan fingerprint density at radius 1 is 1.17 bits per heavy atom. The van der Waals surface area contributed by atoms with Gasteiger partial charge in [-0.3, -0.25) is 19.5 Å². The smallest absolute Gasteiger partial charge is 0.295 e. The molecule has 1 aromatic carbocycles. The van der Waals surface area contributed by atoms with Gasteiger partial charge in [-0.2, -0.15) is 0 Å². The second-order valence-electron chi connectivity index (χ2n) is 6.35. The number of nitrogens with one attached hydrogen (secondary N) is 1. The van der Waals surface area contributed by atoms with Crippen molar-refractivity contribution >= 4 is 11.8 Å². The molecule has 1 saturated heterocycles. The molecule has 2 amide bonds. The van der Waals surface area contributed by atoms with Crippen LogP contribution in [-0.2, 0) is 16.6 Å². The van der Waals surface area contributed by atoms with Crippen molar-refractivity contribution in [1.29, 1.82) is 0 Å². The second kappa shape index (κ2) is 6.07. The van der Waals surface area contributed by atoms with Gasteiger partial charge in [-0.15, -0.1) is 5.10 Å². The van der Waals surface area contributed by atoms with Crippen LogP contribution in [0.5, 0.6) is 0 Å². The molecule has 1 aliphatic rings. The molecule has 7 heteroatoms. The first-order valence-corrected chi connectivity index (χ1v) is 7.98. The highest BCUT2D eigenvalue weighted by Crippen LogP contribution is 2.22. The third-order valence-electron chi connectivity index (χ3n) is 4.34. The first kappa shape index (κ1) is 16.2. The first-order valence-electron chi connectivity index (χ1n) is 7.98. The van der Waals surface area contributed by atoms with E-state index in [9.17, 15) is 14.4 Å². The van der Waals surface area contributed by atoms with Gasteiger partial charge in [0.25, 0.3) is 5.91 Å². The highest BCUT2D eigenvalue weighted by Gasteiger charge is 2.31. The summed E-state index contributed by atoms with van der Waals surface area (Å²) in [5.74, 6) is 0.127. The highest BCUT2D eigenvalue weighted by atomic mass is 16.2. The molecular weight excluding hydrogens is 308 g/mol. The Kier molecular flexibility index (Phi) is 4.09. The lowest BCUT2D eigenvalue weighted by Crippen LogP contribution is -2.44. The number of carbonyl (C=O) groups excluding carboxylic acids is 2. The third kappa shape index (κ3) is 2.77. The van der Waals surface area contributed by atoms with Crippen LogP contribution in [0.3, 0.4) is 0 Å². The second-order valence-corrected chi connectivity index (χ2v) is 6.35. The molecule has 126 valence electrons. The summed E-state index contributed by atoms with van der Waals surface area (Å²) in [6.07, 6.45) is 0.491. The van der Waals surface area contributed by atoms with E-state index in [0.29, 0.717) is 11.7 Å². The minimum atomic E-state index is -0.745. The number of aromatic nitrogens is 3. The van der Waals surface area contributed by atoms with Crippen LogP contribution in [0.15, 0.2) is 29.1 Å². The maximum atomic E-state index is 12.5. The molecule has 2 aromatic rings. The van der Waals surface area contributed by atoms with Crippen LogP contribution in [0.2, 0.25) is 0 Å². The SMILES string of the molecule is CC(C)c1ccc(-c2nn([C@@H]3CCC(=O)NC3=O)c(=O)n2C)cc1. The summed E-state index contributed by atoms with van der Waals surface area (Å²) in [7, 11) is 1.63. The van der Waals surface area contributed by atoms with E-state index < -0.39 is 11.9 Å². The predicted octanol–water partition coefficient (Wildman–Crippen LogP) is 1.35. The molecule has 1 N–H and O–H groups in total. The molecule has 0 unspecified atom stereocenters. The van der Waals surface area contributed by atoms with Gasteiger partial charge in [0.1, 0.15) is 6.04 Å². The minimum absolute atomic E-state index is 0.206. The predicted molar refractivity (Wildman–Crippen MR) is 88.4 cm³/mol. The molecule has 1 aliphatic heterocycles. The Balaban J connectivity index is 1.98. The Labute approximate surface area is 139 Å². The molecule has 2 heterocycles. The van der Waals surface area contributed by atoms with Gasteiger partial charge >= 0.3 is 5.69 Å². The zero-order valence-corrected chi connectivity index (χ0v) is 13.9. The first-order chi connectivity index (χ1) is 11.4. The molecular formula is C17H20N4O3. The van der Waals surface area contributed by atoms with Gasteiger partial charge in [-0.1, -0.05) is 38.1 Å². The van der Waals surface area contributed by atoms with Crippen molar-refractivity contribution in [2.24, 2.45) is 7.05 Å². The summed E-state index contributed by atoms with van der Waals surface area (Å²) < 4.78 is 2.60. The van der Waals surface area contributed by atoms with Gasteiger partial charge in [0.2, 0.25) is 5.91 Å². The van der Waals surface area contributed by atoms with Crippen molar-refractivity contribution in [3.63, 3.8) is 0 Å². The molecule has 0 bridgehead atoms. The van der Waals surface area contributed by atoms with Crippen molar-refractivity contribution in [3.05, 3.63) is 40.3 Å². The van der Waals surface area contributed by atoms with Gasteiger partial charge in [-0.25, -0.2) is 9.48 Å². The fourth-order valence-corrected chi connectivity index (χ4v) is 2.84.